The number of carbonyl (C=O) groups is 1. The van der Waals surface area contributed by atoms with Crippen molar-refractivity contribution in [2.24, 2.45) is 0 Å². The summed E-state index contributed by atoms with van der Waals surface area (Å²) >= 11 is 1.86. The normalized spacial score (nSPS) is 13.8. The van der Waals surface area contributed by atoms with Crippen molar-refractivity contribution in [2.45, 2.75) is 45.8 Å². The van der Waals surface area contributed by atoms with Crippen LogP contribution in [0.3, 0.4) is 0 Å². The summed E-state index contributed by atoms with van der Waals surface area (Å²) in [4.78, 5) is 11.3. The van der Waals surface area contributed by atoms with Crippen molar-refractivity contribution in [3.8, 4) is 0 Å². The van der Waals surface area contributed by atoms with E-state index >= 15 is 0 Å². The number of thioether (sulfide) groups is 1. The van der Waals surface area contributed by atoms with Crippen LogP contribution in [0.5, 0.6) is 0 Å². The van der Waals surface area contributed by atoms with Gasteiger partial charge in [-0.1, -0.05) is 6.92 Å². The van der Waals surface area contributed by atoms with Gasteiger partial charge in [-0.25, -0.2) is 0 Å². The number of aliphatic hydroxyl groups is 1. The van der Waals surface area contributed by atoms with Crippen LogP contribution in [-0.2, 0) is 4.79 Å². The second-order valence-electron chi connectivity index (χ2n) is 3.92. The number of amides is 1. The lowest BCUT2D eigenvalue weighted by Crippen LogP contribution is -2.45. The van der Waals surface area contributed by atoms with E-state index in [-0.39, 0.29) is 11.9 Å². The lowest BCUT2D eigenvalue weighted by molar-refractivity contribution is -0.137. The van der Waals surface area contributed by atoms with E-state index in [1.54, 1.807) is 0 Å². The Morgan fingerprint density at radius 2 is 2.14 bits per heavy atom. The van der Waals surface area contributed by atoms with Crippen LogP contribution in [0.15, 0.2) is 0 Å². The molecule has 0 aliphatic rings. The van der Waals surface area contributed by atoms with E-state index in [1.807, 2.05) is 18.7 Å². The van der Waals surface area contributed by atoms with Crippen LogP contribution >= 0.6 is 11.8 Å². The van der Waals surface area contributed by atoms with Gasteiger partial charge >= 0.3 is 0 Å². The van der Waals surface area contributed by atoms with Crippen LogP contribution in [0, 0.1) is 0 Å². The zero-order valence-electron chi connectivity index (χ0n) is 9.46. The fraction of sp³-hybridized carbons (Fsp3) is 0.900. The van der Waals surface area contributed by atoms with Gasteiger partial charge in [0.2, 0.25) is 0 Å². The minimum atomic E-state index is -1.27. The molecule has 0 heterocycles. The molecule has 0 aromatic heterocycles. The Kier molecular flexibility index (Phi) is 6.20. The van der Waals surface area contributed by atoms with Gasteiger partial charge in [0.1, 0.15) is 5.60 Å². The van der Waals surface area contributed by atoms with E-state index in [1.165, 1.54) is 13.8 Å². The van der Waals surface area contributed by atoms with E-state index < -0.39 is 5.60 Å². The zero-order chi connectivity index (χ0) is 11.2. The van der Waals surface area contributed by atoms with Gasteiger partial charge in [-0.3, -0.25) is 4.79 Å². The molecule has 0 radical (unpaired) electrons. The van der Waals surface area contributed by atoms with Gasteiger partial charge in [0.25, 0.3) is 5.91 Å². The van der Waals surface area contributed by atoms with Crippen molar-refractivity contribution in [1.29, 1.82) is 0 Å². The molecule has 1 amide bonds. The van der Waals surface area contributed by atoms with Crippen molar-refractivity contribution >= 4 is 17.7 Å². The highest BCUT2D eigenvalue weighted by molar-refractivity contribution is 7.99. The van der Waals surface area contributed by atoms with E-state index in [0.29, 0.717) is 0 Å². The van der Waals surface area contributed by atoms with Crippen molar-refractivity contribution in [3.63, 3.8) is 0 Å². The van der Waals surface area contributed by atoms with Crippen molar-refractivity contribution in [1.82, 2.24) is 5.32 Å². The Bertz CT molecular complexity index is 177. The molecular weight excluding hydrogens is 198 g/mol. The predicted molar refractivity (Wildman–Crippen MR) is 61.5 cm³/mol. The number of carbonyl (C=O) groups excluding carboxylic acids is 1. The highest BCUT2D eigenvalue weighted by Crippen LogP contribution is 2.06. The van der Waals surface area contributed by atoms with Gasteiger partial charge < -0.3 is 10.4 Å². The van der Waals surface area contributed by atoms with E-state index in [4.69, 9.17) is 0 Å². The Morgan fingerprint density at radius 1 is 1.57 bits per heavy atom. The summed E-state index contributed by atoms with van der Waals surface area (Å²) in [5, 5.41) is 12.2. The molecule has 2 N–H and O–H groups in total. The molecule has 1 atom stereocenters. The molecule has 0 rings (SSSR count). The number of nitrogens with one attached hydrogen (secondary N) is 1. The lowest BCUT2D eigenvalue weighted by Gasteiger charge is -2.20. The summed E-state index contributed by atoms with van der Waals surface area (Å²) in [6, 6.07) is 0.132. The zero-order valence-corrected chi connectivity index (χ0v) is 10.3. The molecule has 4 heteroatoms. The highest BCUT2D eigenvalue weighted by atomic mass is 32.2. The molecule has 0 aromatic rings. The third kappa shape index (κ3) is 6.27. The van der Waals surface area contributed by atoms with Gasteiger partial charge in [-0.2, -0.15) is 11.8 Å². The summed E-state index contributed by atoms with van der Waals surface area (Å²) in [5.74, 6) is 1.85. The Labute approximate surface area is 90.7 Å². The van der Waals surface area contributed by atoms with Crippen molar-refractivity contribution in [2.75, 3.05) is 11.5 Å². The summed E-state index contributed by atoms with van der Waals surface area (Å²) in [6.07, 6.45) is 0.945. The molecule has 0 aliphatic heterocycles. The maximum absolute atomic E-state index is 11.3. The maximum atomic E-state index is 11.3. The second-order valence-corrected chi connectivity index (χ2v) is 5.31. The minimum Gasteiger partial charge on any atom is -0.381 e. The van der Waals surface area contributed by atoms with Gasteiger partial charge in [0.05, 0.1) is 0 Å². The third-order valence-electron chi connectivity index (χ3n) is 1.83. The standard InChI is InChI=1S/C10H21NO2S/c1-5-14-7-6-8(2)11-9(12)10(3,4)13/h8,13H,5-7H2,1-4H3,(H,11,12). The van der Waals surface area contributed by atoms with Gasteiger partial charge in [0, 0.05) is 6.04 Å². The summed E-state index contributed by atoms with van der Waals surface area (Å²) in [5.41, 5.74) is -1.27. The molecular formula is C10H21NO2S. The van der Waals surface area contributed by atoms with Crippen molar-refractivity contribution in [3.05, 3.63) is 0 Å². The molecule has 1 unspecified atom stereocenters. The van der Waals surface area contributed by atoms with E-state index in [9.17, 15) is 9.90 Å². The monoisotopic (exact) mass is 219 g/mol. The Balaban J connectivity index is 3.72. The van der Waals surface area contributed by atoms with Gasteiger partial charge in [0.15, 0.2) is 0 Å². The van der Waals surface area contributed by atoms with Gasteiger partial charge in [-0.05, 0) is 38.7 Å². The average molecular weight is 219 g/mol. The molecule has 14 heavy (non-hydrogen) atoms. The van der Waals surface area contributed by atoms with E-state index in [0.717, 1.165) is 17.9 Å². The number of hydrogen-bond acceptors (Lipinski definition) is 3. The van der Waals surface area contributed by atoms with Crippen LogP contribution in [0.2, 0.25) is 0 Å². The Hall–Kier alpha value is -0.220. The SMILES string of the molecule is CCSCCC(C)NC(=O)C(C)(C)O. The first-order valence-electron chi connectivity index (χ1n) is 4.99. The summed E-state index contributed by atoms with van der Waals surface area (Å²) < 4.78 is 0. The van der Waals surface area contributed by atoms with Crippen LogP contribution in [0.4, 0.5) is 0 Å². The Morgan fingerprint density at radius 3 is 2.57 bits per heavy atom. The molecule has 0 aliphatic carbocycles. The third-order valence-corrected chi connectivity index (χ3v) is 2.77. The van der Waals surface area contributed by atoms with Crippen molar-refractivity contribution < 1.29 is 9.90 Å². The van der Waals surface area contributed by atoms with E-state index in [2.05, 4.69) is 12.2 Å². The minimum absolute atomic E-state index is 0.132. The molecule has 0 saturated heterocycles. The average Bonchev–Trinajstić information content (AvgIpc) is 2.03. The maximum Gasteiger partial charge on any atom is 0.251 e. The first-order valence-corrected chi connectivity index (χ1v) is 6.14. The summed E-state index contributed by atoms with van der Waals surface area (Å²) in [6.45, 7) is 7.07. The molecule has 3 nitrogen and oxygen atoms in total. The van der Waals surface area contributed by atoms with Gasteiger partial charge in [-0.15, -0.1) is 0 Å². The molecule has 0 fully saturated rings. The molecule has 0 bridgehead atoms. The van der Waals surface area contributed by atoms with Crippen LogP contribution in [0.1, 0.15) is 34.1 Å². The first-order chi connectivity index (χ1) is 6.38. The number of hydrogen-bond donors (Lipinski definition) is 2. The molecule has 0 saturated carbocycles. The lowest BCUT2D eigenvalue weighted by atomic mass is 10.1. The highest BCUT2D eigenvalue weighted by Gasteiger charge is 2.24. The predicted octanol–water partition coefficient (Wildman–Crippen LogP) is 1.41. The summed E-state index contributed by atoms with van der Waals surface area (Å²) in [7, 11) is 0. The topological polar surface area (TPSA) is 49.3 Å². The van der Waals surface area contributed by atoms with Crippen LogP contribution in [0.25, 0.3) is 0 Å². The van der Waals surface area contributed by atoms with Crippen LogP contribution < -0.4 is 5.32 Å². The fourth-order valence-electron chi connectivity index (χ4n) is 0.877. The quantitative estimate of drug-likeness (QED) is 0.664. The number of rotatable bonds is 6. The molecule has 0 spiro atoms. The molecule has 0 aromatic carbocycles. The smallest absolute Gasteiger partial charge is 0.251 e. The van der Waals surface area contributed by atoms with Crippen LogP contribution in [-0.4, -0.2) is 34.2 Å². The fourth-order valence-corrected chi connectivity index (χ4v) is 1.69. The second kappa shape index (κ2) is 6.30. The largest absolute Gasteiger partial charge is 0.381 e. The molecule has 84 valence electrons. The first kappa shape index (κ1) is 13.8.